The van der Waals surface area contributed by atoms with Gasteiger partial charge in [-0.3, -0.25) is 19.2 Å². The average molecular weight is 241 g/mol. The summed E-state index contributed by atoms with van der Waals surface area (Å²) in [6.07, 6.45) is 3.34. The highest BCUT2D eigenvalue weighted by Crippen LogP contribution is 2.18. The van der Waals surface area contributed by atoms with Crippen LogP contribution in [0.3, 0.4) is 0 Å². The van der Waals surface area contributed by atoms with Crippen molar-refractivity contribution in [2.24, 2.45) is 7.05 Å². The van der Waals surface area contributed by atoms with Crippen molar-refractivity contribution in [3.05, 3.63) is 18.0 Å². The van der Waals surface area contributed by atoms with E-state index >= 15 is 0 Å². The molecule has 0 saturated heterocycles. The SMILES string of the molecule is CC(c1cnn(C)c1)N(CC(=O)O)CC(=O)O. The lowest BCUT2D eigenvalue weighted by molar-refractivity contribution is -0.142. The maximum absolute atomic E-state index is 10.7. The van der Waals surface area contributed by atoms with E-state index in [9.17, 15) is 9.59 Å². The number of aromatic nitrogens is 2. The van der Waals surface area contributed by atoms with Crippen LogP contribution < -0.4 is 0 Å². The molecular weight excluding hydrogens is 226 g/mol. The number of hydrogen-bond donors (Lipinski definition) is 2. The highest BCUT2D eigenvalue weighted by Gasteiger charge is 2.21. The van der Waals surface area contributed by atoms with E-state index in [0.717, 1.165) is 5.56 Å². The maximum atomic E-state index is 10.7. The van der Waals surface area contributed by atoms with Gasteiger partial charge in [-0.15, -0.1) is 0 Å². The third kappa shape index (κ3) is 3.87. The van der Waals surface area contributed by atoms with Gasteiger partial charge in [0.25, 0.3) is 0 Å². The van der Waals surface area contributed by atoms with Crippen LogP contribution in [0.2, 0.25) is 0 Å². The van der Waals surface area contributed by atoms with Crippen LogP contribution in [0.25, 0.3) is 0 Å². The maximum Gasteiger partial charge on any atom is 0.317 e. The van der Waals surface area contributed by atoms with Gasteiger partial charge in [0, 0.05) is 24.8 Å². The topological polar surface area (TPSA) is 95.7 Å². The molecule has 1 aromatic rings. The number of carboxylic acids is 2. The van der Waals surface area contributed by atoms with Crippen LogP contribution in [-0.4, -0.2) is 49.9 Å². The lowest BCUT2D eigenvalue weighted by Crippen LogP contribution is -2.36. The van der Waals surface area contributed by atoms with Gasteiger partial charge in [0.15, 0.2) is 0 Å². The van der Waals surface area contributed by atoms with Crippen LogP contribution in [0.15, 0.2) is 12.4 Å². The van der Waals surface area contributed by atoms with Crippen LogP contribution in [0.1, 0.15) is 18.5 Å². The molecule has 17 heavy (non-hydrogen) atoms. The lowest BCUT2D eigenvalue weighted by atomic mass is 10.1. The molecule has 7 heteroatoms. The number of aryl methyl sites for hydroxylation is 1. The van der Waals surface area contributed by atoms with Gasteiger partial charge < -0.3 is 10.2 Å². The number of nitrogens with zero attached hydrogens (tertiary/aromatic N) is 3. The molecule has 0 amide bonds. The van der Waals surface area contributed by atoms with Gasteiger partial charge in [-0.25, -0.2) is 0 Å². The fourth-order valence-electron chi connectivity index (χ4n) is 1.54. The molecule has 1 aromatic heterocycles. The molecule has 2 N–H and O–H groups in total. The number of carboxylic acid groups (broad SMARTS) is 2. The standard InChI is InChI=1S/C10H15N3O4/c1-7(8-3-11-12(2)4-8)13(5-9(14)15)6-10(16)17/h3-4,7H,5-6H2,1-2H3,(H,14,15)(H,16,17). The van der Waals surface area contributed by atoms with Gasteiger partial charge in [-0.1, -0.05) is 0 Å². The summed E-state index contributed by atoms with van der Waals surface area (Å²) in [5.41, 5.74) is 0.787. The van der Waals surface area contributed by atoms with Crippen molar-refractivity contribution in [2.45, 2.75) is 13.0 Å². The second kappa shape index (κ2) is 5.44. The minimum Gasteiger partial charge on any atom is -0.480 e. The normalized spacial score (nSPS) is 12.6. The zero-order chi connectivity index (χ0) is 13.0. The Bertz CT molecular complexity index is 399. The fourth-order valence-corrected chi connectivity index (χ4v) is 1.54. The summed E-state index contributed by atoms with van der Waals surface area (Å²) in [5.74, 6) is -2.11. The van der Waals surface area contributed by atoms with E-state index < -0.39 is 11.9 Å². The van der Waals surface area contributed by atoms with Crippen LogP contribution in [0.5, 0.6) is 0 Å². The molecule has 1 atom stereocenters. The highest BCUT2D eigenvalue weighted by atomic mass is 16.4. The fraction of sp³-hybridized carbons (Fsp3) is 0.500. The van der Waals surface area contributed by atoms with Crippen molar-refractivity contribution in [3.63, 3.8) is 0 Å². The van der Waals surface area contributed by atoms with Crippen LogP contribution >= 0.6 is 0 Å². The van der Waals surface area contributed by atoms with Crippen molar-refractivity contribution < 1.29 is 19.8 Å². The van der Waals surface area contributed by atoms with E-state index in [-0.39, 0.29) is 19.1 Å². The molecule has 7 nitrogen and oxygen atoms in total. The van der Waals surface area contributed by atoms with Gasteiger partial charge in [0.1, 0.15) is 0 Å². The Labute approximate surface area is 98.3 Å². The largest absolute Gasteiger partial charge is 0.480 e. The van der Waals surface area contributed by atoms with Gasteiger partial charge in [0.2, 0.25) is 0 Å². The minimum atomic E-state index is -1.05. The summed E-state index contributed by atoms with van der Waals surface area (Å²) in [4.78, 5) is 22.7. The molecule has 0 aliphatic carbocycles. The molecule has 0 aromatic carbocycles. The summed E-state index contributed by atoms with van der Waals surface area (Å²) in [7, 11) is 1.74. The summed E-state index contributed by atoms with van der Waals surface area (Å²) in [6.45, 7) is 1.12. The average Bonchev–Trinajstić information content (AvgIpc) is 2.61. The highest BCUT2D eigenvalue weighted by molar-refractivity contribution is 5.72. The molecule has 0 aliphatic heterocycles. The van der Waals surface area contributed by atoms with E-state index in [1.54, 1.807) is 31.0 Å². The molecule has 0 aliphatic rings. The van der Waals surface area contributed by atoms with Crippen molar-refractivity contribution >= 4 is 11.9 Å². The number of hydrogen-bond acceptors (Lipinski definition) is 4. The first-order valence-electron chi connectivity index (χ1n) is 5.06. The number of carbonyl (C=O) groups is 2. The summed E-state index contributed by atoms with van der Waals surface area (Å²) < 4.78 is 1.59. The van der Waals surface area contributed by atoms with E-state index in [2.05, 4.69) is 5.10 Å². The van der Waals surface area contributed by atoms with E-state index in [1.165, 1.54) is 4.90 Å². The van der Waals surface area contributed by atoms with Crippen molar-refractivity contribution in [1.82, 2.24) is 14.7 Å². The summed E-state index contributed by atoms with van der Waals surface area (Å²) in [5, 5.41) is 21.5. The van der Waals surface area contributed by atoms with Crippen molar-refractivity contribution in [1.29, 1.82) is 0 Å². The molecule has 94 valence electrons. The molecule has 0 spiro atoms. The molecule has 0 bridgehead atoms. The first-order valence-corrected chi connectivity index (χ1v) is 5.06. The predicted octanol–water partition coefficient (Wildman–Crippen LogP) is -0.0477. The zero-order valence-electron chi connectivity index (χ0n) is 9.70. The van der Waals surface area contributed by atoms with Gasteiger partial charge in [-0.2, -0.15) is 5.10 Å². The van der Waals surface area contributed by atoms with Crippen molar-refractivity contribution in [3.8, 4) is 0 Å². The van der Waals surface area contributed by atoms with E-state index in [1.807, 2.05) is 0 Å². The van der Waals surface area contributed by atoms with Crippen LogP contribution in [0.4, 0.5) is 0 Å². The third-order valence-electron chi connectivity index (χ3n) is 2.43. The molecule has 1 unspecified atom stereocenters. The first kappa shape index (κ1) is 13.2. The zero-order valence-corrected chi connectivity index (χ0v) is 9.70. The van der Waals surface area contributed by atoms with Gasteiger partial charge in [-0.05, 0) is 6.92 Å². The second-order valence-electron chi connectivity index (χ2n) is 3.82. The quantitative estimate of drug-likeness (QED) is 0.725. The molecule has 1 heterocycles. The van der Waals surface area contributed by atoms with Gasteiger partial charge in [0.05, 0.1) is 19.3 Å². The Balaban J connectivity index is 2.81. The molecular formula is C10H15N3O4. The van der Waals surface area contributed by atoms with Gasteiger partial charge >= 0.3 is 11.9 Å². The molecule has 1 rings (SSSR count). The summed E-state index contributed by atoms with van der Waals surface area (Å²) >= 11 is 0. The summed E-state index contributed by atoms with van der Waals surface area (Å²) in [6, 6.07) is -0.309. The van der Waals surface area contributed by atoms with Crippen LogP contribution in [0, 0.1) is 0 Å². The van der Waals surface area contributed by atoms with E-state index in [0.29, 0.717) is 0 Å². The molecule has 0 fully saturated rings. The first-order chi connectivity index (χ1) is 7.90. The monoisotopic (exact) mass is 241 g/mol. The smallest absolute Gasteiger partial charge is 0.317 e. The number of rotatable bonds is 6. The van der Waals surface area contributed by atoms with E-state index in [4.69, 9.17) is 10.2 Å². The van der Waals surface area contributed by atoms with Crippen molar-refractivity contribution in [2.75, 3.05) is 13.1 Å². The third-order valence-corrected chi connectivity index (χ3v) is 2.43. The Hall–Kier alpha value is -1.89. The second-order valence-corrected chi connectivity index (χ2v) is 3.82. The Morgan fingerprint density at radius 2 is 1.94 bits per heavy atom. The number of aliphatic carboxylic acids is 2. The van der Waals surface area contributed by atoms with Crippen LogP contribution in [-0.2, 0) is 16.6 Å². The molecule has 0 saturated carbocycles. The Kier molecular flexibility index (Phi) is 4.22. The Morgan fingerprint density at radius 3 is 2.29 bits per heavy atom. The molecule has 0 radical (unpaired) electrons. The lowest BCUT2D eigenvalue weighted by Gasteiger charge is -2.24. The Morgan fingerprint density at radius 1 is 1.41 bits per heavy atom. The minimum absolute atomic E-state index is 0.309. The predicted molar refractivity (Wildman–Crippen MR) is 58.5 cm³/mol.